The van der Waals surface area contributed by atoms with Gasteiger partial charge in [0.25, 0.3) is 0 Å². The van der Waals surface area contributed by atoms with E-state index in [1.54, 1.807) is 0 Å². The van der Waals surface area contributed by atoms with E-state index in [-0.39, 0.29) is 0 Å². The molecule has 0 spiro atoms. The highest BCUT2D eigenvalue weighted by atomic mass is 14.9. The third-order valence-electron chi connectivity index (χ3n) is 4.48. The fourth-order valence-corrected chi connectivity index (χ4v) is 3.42. The smallest absolute Gasteiger partial charge is 0.0366 e. The van der Waals surface area contributed by atoms with Crippen LogP contribution in [0, 0.1) is 18.8 Å². The van der Waals surface area contributed by atoms with E-state index in [4.69, 9.17) is 0 Å². The van der Waals surface area contributed by atoms with Crippen LogP contribution >= 0.6 is 0 Å². The van der Waals surface area contributed by atoms with Crippen molar-refractivity contribution in [1.82, 2.24) is 10.3 Å². The molecule has 2 heteroatoms. The highest BCUT2D eigenvalue weighted by Crippen LogP contribution is 2.37. The molecule has 1 aliphatic rings. The highest BCUT2D eigenvalue weighted by Gasteiger charge is 2.28. The summed E-state index contributed by atoms with van der Waals surface area (Å²) in [7, 11) is 0. The Kier molecular flexibility index (Phi) is 5.38. The largest absolute Gasteiger partial charge is 0.310 e. The molecule has 106 valence electrons. The van der Waals surface area contributed by atoms with Crippen molar-refractivity contribution in [2.45, 2.75) is 58.9 Å². The quantitative estimate of drug-likeness (QED) is 0.855. The Morgan fingerprint density at radius 2 is 2.26 bits per heavy atom. The van der Waals surface area contributed by atoms with Gasteiger partial charge in [-0.25, -0.2) is 0 Å². The first-order valence-electron chi connectivity index (χ1n) is 7.86. The number of hydrogen-bond donors (Lipinski definition) is 1. The molecule has 1 aliphatic carbocycles. The van der Waals surface area contributed by atoms with E-state index in [0.717, 1.165) is 18.4 Å². The molecule has 1 aromatic rings. The summed E-state index contributed by atoms with van der Waals surface area (Å²) >= 11 is 0. The fraction of sp³-hybridized carbons (Fsp3) is 0.706. The van der Waals surface area contributed by atoms with Gasteiger partial charge in [-0.2, -0.15) is 0 Å². The molecule has 0 saturated heterocycles. The molecule has 1 fully saturated rings. The van der Waals surface area contributed by atoms with Crippen LogP contribution in [0.1, 0.15) is 63.1 Å². The van der Waals surface area contributed by atoms with Crippen LogP contribution in [-0.2, 0) is 0 Å². The molecule has 1 heterocycles. The fourth-order valence-electron chi connectivity index (χ4n) is 3.42. The second-order valence-corrected chi connectivity index (χ2v) is 6.20. The zero-order valence-corrected chi connectivity index (χ0v) is 12.7. The Bertz CT molecular complexity index is 389. The van der Waals surface area contributed by atoms with Gasteiger partial charge in [0.1, 0.15) is 0 Å². The van der Waals surface area contributed by atoms with E-state index in [0.29, 0.717) is 6.04 Å². The van der Waals surface area contributed by atoms with Gasteiger partial charge in [-0.3, -0.25) is 4.98 Å². The number of aryl methyl sites for hydroxylation is 1. The van der Waals surface area contributed by atoms with Crippen molar-refractivity contribution in [1.29, 1.82) is 0 Å². The molecule has 0 radical (unpaired) electrons. The lowest BCUT2D eigenvalue weighted by molar-refractivity contribution is 0.223. The first kappa shape index (κ1) is 14.5. The minimum atomic E-state index is 0.497. The average Bonchev–Trinajstić information content (AvgIpc) is 2.41. The monoisotopic (exact) mass is 260 g/mol. The molecule has 3 unspecified atom stereocenters. The van der Waals surface area contributed by atoms with Crippen LogP contribution in [0.25, 0.3) is 0 Å². The molecule has 0 bridgehead atoms. The second kappa shape index (κ2) is 7.04. The molecule has 1 saturated carbocycles. The van der Waals surface area contributed by atoms with Crippen molar-refractivity contribution in [2.75, 3.05) is 6.54 Å². The summed E-state index contributed by atoms with van der Waals surface area (Å²) in [4.78, 5) is 4.35. The lowest BCUT2D eigenvalue weighted by Gasteiger charge is -2.34. The maximum atomic E-state index is 4.35. The third-order valence-corrected chi connectivity index (χ3v) is 4.48. The predicted octanol–water partition coefficient (Wildman–Crippen LogP) is 4.26. The van der Waals surface area contributed by atoms with E-state index < -0.39 is 0 Å². The minimum absolute atomic E-state index is 0.497. The first-order chi connectivity index (χ1) is 9.22. The summed E-state index contributed by atoms with van der Waals surface area (Å²) in [6.45, 7) is 7.95. The predicted molar refractivity (Wildman–Crippen MR) is 81.1 cm³/mol. The van der Waals surface area contributed by atoms with Crippen LogP contribution in [0.15, 0.2) is 18.5 Å². The van der Waals surface area contributed by atoms with E-state index in [9.17, 15) is 0 Å². The van der Waals surface area contributed by atoms with Crippen molar-refractivity contribution in [3.05, 3.63) is 29.6 Å². The number of aromatic nitrogens is 1. The zero-order chi connectivity index (χ0) is 13.7. The molecule has 3 atom stereocenters. The van der Waals surface area contributed by atoms with Crippen LogP contribution in [0.5, 0.6) is 0 Å². The standard InChI is InChI=1S/C17H28N2/c1-4-9-19-17(15-7-5-6-13(2)11-15)16-12-18-10-8-14(16)3/h8,10,12-13,15,17,19H,4-7,9,11H2,1-3H3. The lowest BCUT2D eigenvalue weighted by Crippen LogP contribution is -2.32. The van der Waals surface area contributed by atoms with Gasteiger partial charge in [0.15, 0.2) is 0 Å². The summed E-state index contributed by atoms with van der Waals surface area (Å²) in [6.07, 6.45) is 10.7. The molecule has 2 nitrogen and oxygen atoms in total. The maximum Gasteiger partial charge on any atom is 0.0366 e. The van der Waals surface area contributed by atoms with Crippen LogP contribution in [0.4, 0.5) is 0 Å². The number of nitrogens with zero attached hydrogens (tertiary/aromatic N) is 1. The molecular formula is C17H28N2. The third kappa shape index (κ3) is 3.79. The van der Waals surface area contributed by atoms with E-state index in [1.807, 2.05) is 6.20 Å². The number of hydrogen-bond acceptors (Lipinski definition) is 2. The Hall–Kier alpha value is -0.890. The topological polar surface area (TPSA) is 24.9 Å². The molecule has 0 aliphatic heterocycles. The highest BCUT2D eigenvalue weighted by molar-refractivity contribution is 5.26. The number of pyridine rings is 1. The molecule has 0 amide bonds. The minimum Gasteiger partial charge on any atom is -0.310 e. The van der Waals surface area contributed by atoms with Gasteiger partial charge in [-0.15, -0.1) is 0 Å². The van der Waals surface area contributed by atoms with Crippen LogP contribution in [0.2, 0.25) is 0 Å². The van der Waals surface area contributed by atoms with Gasteiger partial charge in [0.2, 0.25) is 0 Å². The van der Waals surface area contributed by atoms with Crippen molar-refractivity contribution in [3.8, 4) is 0 Å². The Morgan fingerprint density at radius 1 is 1.42 bits per heavy atom. The van der Waals surface area contributed by atoms with E-state index in [1.165, 1.54) is 43.2 Å². The van der Waals surface area contributed by atoms with Crippen molar-refractivity contribution >= 4 is 0 Å². The Labute approximate surface area is 118 Å². The van der Waals surface area contributed by atoms with Crippen molar-refractivity contribution < 1.29 is 0 Å². The second-order valence-electron chi connectivity index (χ2n) is 6.20. The molecular weight excluding hydrogens is 232 g/mol. The SMILES string of the molecule is CCCNC(c1cnccc1C)C1CCCC(C)C1. The number of nitrogens with one attached hydrogen (secondary N) is 1. The lowest BCUT2D eigenvalue weighted by atomic mass is 9.76. The summed E-state index contributed by atoms with van der Waals surface area (Å²) in [6, 6.07) is 2.64. The van der Waals surface area contributed by atoms with Crippen LogP contribution in [-0.4, -0.2) is 11.5 Å². The summed E-state index contributed by atoms with van der Waals surface area (Å²) in [5.41, 5.74) is 2.79. The van der Waals surface area contributed by atoms with E-state index in [2.05, 4.69) is 43.3 Å². The van der Waals surface area contributed by atoms with E-state index >= 15 is 0 Å². The van der Waals surface area contributed by atoms with Crippen LogP contribution < -0.4 is 5.32 Å². The van der Waals surface area contributed by atoms with Gasteiger partial charge < -0.3 is 5.32 Å². The molecule has 0 aromatic carbocycles. The van der Waals surface area contributed by atoms with Crippen LogP contribution in [0.3, 0.4) is 0 Å². The number of rotatable bonds is 5. The Balaban J connectivity index is 2.17. The molecule has 1 aromatic heterocycles. The summed E-state index contributed by atoms with van der Waals surface area (Å²) in [5.74, 6) is 1.65. The molecule has 1 N–H and O–H groups in total. The zero-order valence-electron chi connectivity index (χ0n) is 12.7. The van der Waals surface area contributed by atoms with Crippen molar-refractivity contribution in [3.63, 3.8) is 0 Å². The van der Waals surface area contributed by atoms with Gasteiger partial charge in [0.05, 0.1) is 0 Å². The summed E-state index contributed by atoms with van der Waals surface area (Å²) < 4.78 is 0. The molecule has 2 rings (SSSR count). The van der Waals surface area contributed by atoms with Gasteiger partial charge in [-0.05, 0) is 61.8 Å². The molecule has 19 heavy (non-hydrogen) atoms. The average molecular weight is 260 g/mol. The maximum absolute atomic E-state index is 4.35. The Morgan fingerprint density at radius 3 is 2.95 bits per heavy atom. The van der Waals surface area contributed by atoms with Gasteiger partial charge in [0, 0.05) is 18.4 Å². The first-order valence-corrected chi connectivity index (χ1v) is 7.86. The van der Waals surface area contributed by atoms with Crippen molar-refractivity contribution in [2.24, 2.45) is 11.8 Å². The normalized spacial score (nSPS) is 25.2. The van der Waals surface area contributed by atoms with Gasteiger partial charge >= 0.3 is 0 Å². The van der Waals surface area contributed by atoms with Gasteiger partial charge in [-0.1, -0.05) is 26.7 Å². The summed E-state index contributed by atoms with van der Waals surface area (Å²) in [5, 5.41) is 3.78.